The first kappa shape index (κ1) is 14.6. The van der Waals surface area contributed by atoms with Crippen LogP contribution >= 0.6 is 0 Å². The van der Waals surface area contributed by atoms with Crippen LogP contribution in [-0.4, -0.2) is 42.2 Å². The second-order valence-electron chi connectivity index (χ2n) is 4.09. The Labute approximate surface area is 109 Å². The van der Waals surface area contributed by atoms with E-state index in [2.05, 4.69) is 0 Å². The zero-order valence-electron chi connectivity index (χ0n) is 10.8. The molecule has 0 spiro atoms. The second kappa shape index (κ2) is 5.94. The summed E-state index contributed by atoms with van der Waals surface area (Å²) in [5.41, 5.74) is -0.173. The molecule has 0 aromatic heterocycles. The van der Waals surface area contributed by atoms with E-state index in [9.17, 15) is 19.7 Å². The zero-order valence-corrected chi connectivity index (χ0v) is 10.8. The van der Waals surface area contributed by atoms with E-state index < -0.39 is 11.0 Å². The van der Waals surface area contributed by atoms with E-state index in [1.807, 2.05) is 0 Å². The van der Waals surface area contributed by atoms with Gasteiger partial charge in [0.05, 0.1) is 4.92 Å². The number of carbonyl (C=O) groups is 2. The van der Waals surface area contributed by atoms with Crippen molar-refractivity contribution < 1.29 is 19.2 Å². The van der Waals surface area contributed by atoms with Gasteiger partial charge in [-0.15, -0.1) is 0 Å². The summed E-state index contributed by atoms with van der Waals surface area (Å²) in [6.45, 7) is 1.50. The van der Waals surface area contributed by atoms with Gasteiger partial charge in [-0.1, -0.05) is 0 Å². The van der Waals surface area contributed by atoms with Crippen LogP contribution in [0.25, 0.3) is 0 Å². The molecule has 102 valence electrons. The first-order chi connectivity index (χ1) is 8.86. The van der Waals surface area contributed by atoms with Crippen molar-refractivity contribution >= 4 is 17.9 Å². The Balaban J connectivity index is 3.04. The molecule has 1 aromatic carbocycles. The number of ether oxygens (including phenoxy) is 1. The highest BCUT2D eigenvalue weighted by molar-refractivity contribution is 5.81. The minimum atomic E-state index is -0.851. The van der Waals surface area contributed by atoms with Gasteiger partial charge in [-0.3, -0.25) is 19.7 Å². The first-order valence-corrected chi connectivity index (χ1v) is 5.48. The molecule has 0 aliphatic rings. The minimum Gasteiger partial charge on any atom is -0.474 e. The lowest BCUT2D eigenvalue weighted by molar-refractivity contribution is -0.386. The van der Waals surface area contributed by atoms with Gasteiger partial charge in [0.25, 0.3) is 5.91 Å². The molecule has 0 aliphatic carbocycles. The lowest BCUT2D eigenvalue weighted by atomic mass is 10.2. The van der Waals surface area contributed by atoms with E-state index >= 15 is 0 Å². The first-order valence-electron chi connectivity index (χ1n) is 5.48. The van der Waals surface area contributed by atoms with E-state index in [0.717, 1.165) is 6.07 Å². The Morgan fingerprint density at radius 3 is 2.58 bits per heavy atom. The predicted molar refractivity (Wildman–Crippen MR) is 67.3 cm³/mol. The second-order valence-corrected chi connectivity index (χ2v) is 4.09. The van der Waals surface area contributed by atoms with Crippen LogP contribution < -0.4 is 4.74 Å². The van der Waals surface area contributed by atoms with Gasteiger partial charge in [0.1, 0.15) is 6.29 Å². The van der Waals surface area contributed by atoms with Crippen LogP contribution in [0.15, 0.2) is 18.2 Å². The Hall–Kier alpha value is -2.44. The van der Waals surface area contributed by atoms with Gasteiger partial charge in [0.15, 0.2) is 11.9 Å². The number of nitro groups is 1. The SMILES string of the molecule is C[C@@H](Oc1ccc(C=O)cc1[N+](=O)[O-])C(=O)N(C)C. The lowest BCUT2D eigenvalue weighted by Crippen LogP contribution is -2.35. The predicted octanol–water partition coefficient (Wildman–Crippen LogP) is 1.26. The normalized spacial score (nSPS) is 11.5. The number of rotatable bonds is 5. The molecule has 0 fully saturated rings. The highest BCUT2D eigenvalue weighted by Gasteiger charge is 2.22. The van der Waals surface area contributed by atoms with Crippen molar-refractivity contribution in [3.8, 4) is 5.75 Å². The number of carbonyl (C=O) groups excluding carboxylic acids is 2. The number of aldehydes is 1. The summed E-state index contributed by atoms with van der Waals surface area (Å²) in [5, 5.41) is 10.9. The molecule has 19 heavy (non-hydrogen) atoms. The van der Waals surface area contributed by atoms with Crippen molar-refractivity contribution in [2.24, 2.45) is 0 Å². The summed E-state index contributed by atoms with van der Waals surface area (Å²) >= 11 is 0. The minimum absolute atomic E-state index is 0.0432. The molecule has 0 bridgehead atoms. The van der Waals surface area contributed by atoms with Crippen molar-refractivity contribution in [2.75, 3.05) is 14.1 Å². The van der Waals surface area contributed by atoms with Gasteiger partial charge in [-0.2, -0.15) is 0 Å². The van der Waals surface area contributed by atoms with E-state index in [4.69, 9.17) is 4.74 Å². The quantitative estimate of drug-likeness (QED) is 0.454. The molecule has 7 nitrogen and oxygen atoms in total. The van der Waals surface area contributed by atoms with Crippen molar-refractivity contribution in [3.05, 3.63) is 33.9 Å². The number of amides is 1. The van der Waals surface area contributed by atoms with Crippen LogP contribution in [0, 0.1) is 10.1 Å². The molecule has 7 heteroatoms. The molecular formula is C12H14N2O5. The largest absolute Gasteiger partial charge is 0.474 e. The molecule has 1 rings (SSSR count). The highest BCUT2D eigenvalue weighted by atomic mass is 16.6. The third kappa shape index (κ3) is 3.51. The van der Waals surface area contributed by atoms with Crippen molar-refractivity contribution in [1.82, 2.24) is 4.90 Å². The number of hydrogen-bond donors (Lipinski definition) is 0. The van der Waals surface area contributed by atoms with Crippen LogP contribution in [-0.2, 0) is 4.79 Å². The number of benzene rings is 1. The molecular weight excluding hydrogens is 252 g/mol. The van der Waals surface area contributed by atoms with E-state index in [0.29, 0.717) is 6.29 Å². The molecule has 0 saturated heterocycles. The number of nitrogens with zero attached hydrogens (tertiary/aromatic N) is 2. The number of likely N-dealkylation sites (N-methyl/N-ethyl adjacent to an activating group) is 1. The smallest absolute Gasteiger partial charge is 0.311 e. The third-order valence-electron chi connectivity index (χ3n) is 2.41. The summed E-state index contributed by atoms with van der Waals surface area (Å²) in [4.78, 5) is 33.8. The van der Waals surface area contributed by atoms with Crippen molar-refractivity contribution in [3.63, 3.8) is 0 Å². The Bertz CT molecular complexity index is 513. The molecule has 1 aromatic rings. The van der Waals surface area contributed by atoms with Crippen LogP contribution in [0.1, 0.15) is 17.3 Å². The standard InChI is InChI=1S/C12H14N2O5/c1-8(12(16)13(2)3)19-11-5-4-9(7-15)6-10(11)14(17)18/h4-8H,1-3H3/t8-/m1/s1. The number of nitro benzene ring substituents is 1. The van der Waals surface area contributed by atoms with Gasteiger partial charge < -0.3 is 9.64 Å². The Morgan fingerprint density at radius 1 is 1.47 bits per heavy atom. The zero-order chi connectivity index (χ0) is 14.6. The monoisotopic (exact) mass is 266 g/mol. The van der Waals surface area contributed by atoms with Gasteiger partial charge in [-0.05, 0) is 19.1 Å². The molecule has 0 heterocycles. The summed E-state index contributed by atoms with van der Waals surface area (Å²) in [7, 11) is 3.12. The van der Waals surface area contributed by atoms with Crippen molar-refractivity contribution in [1.29, 1.82) is 0 Å². The molecule has 0 radical (unpaired) electrons. The summed E-state index contributed by atoms with van der Waals surface area (Å²) in [6, 6.07) is 3.80. The fourth-order valence-electron chi connectivity index (χ4n) is 1.45. The Kier molecular flexibility index (Phi) is 4.57. The van der Waals surface area contributed by atoms with Gasteiger partial charge in [0, 0.05) is 25.7 Å². The molecule has 0 aliphatic heterocycles. The fourth-order valence-corrected chi connectivity index (χ4v) is 1.45. The van der Waals surface area contributed by atoms with Crippen LogP contribution in [0.4, 0.5) is 5.69 Å². The van der Waals surface area contributed by atoms with E-state index in [-0.39, 0.29) is 22.9 Å². The third-order valence-corrected chi connectivity index (χ3v) is 2.41. The van der Waals surface area contributed by atoms with Crippen LogP contribution in [0.2, 0.25) is 0 Å². The summed E-state index contributed by atoms with van der Waals surface area (Å²) in [5.74, 6) is -0.355. The molecule has 0 N–H and O–H groups in total. The topological polar surface area (TPSA) is 89.7 Å². The number of hydrogen-bond acceptors (Lipinski definition) is 5. The average Bonchev–Trinajstić information content (AvgIpc) is 2.37. The van der Waals surface area contributed by atoms with Crippen LogP contribution in [0.5, 0.6) is 5.75 Å². The highest BCUT2D eigenvalue weighted by Crippen LogP contribution is 2.28. The lowest BCUT2D eigenvalue weighted by Gasteiger charge is -2.18. The maximum atomic E-state index is 11.6. The molecule has 0 unspecified atom stereocenters. The van der Waals surface area contributed by atoms with Gasteiger partial charge in [0.2, 0.25) is 0 Å². The molecule has 0 saturated carbocycles. The van der Waals surface area contributed by atoms with E-state index in [1.54, 1.807) is 14.1 Å². The average molecular weight is 266 g/mol. The summed E-state index contributed by atoms with van der Waals surface area (Å²) < 4.78 is 5.28. The van der Waals surface area contributed by atoms with Crippen molar-refractivity contribution in [2.45, 2.75) is 13.0 Å². The van der Waals surface area contributed by atoms with Gasteiger partial charge in [-0.25, -0.2) is 0 Å². The van der Waals surface area contributed by atoms with Gasteiger partial charge >= 0.3 is 5.69 Å². The molecule has 1 atom stereocenters. The van der Waals surface area contributed by atoms with E-state index in [1.165, 1.54) is 24.0 Å². The fraction of sp³-hybridized carbons (Fsp3) is 0.333. The maximum Gasteiger partial charge on any atom is 0.311 e. The van der Waals surface area contributed by atoms with Crippen LogP contribution in [0.3, 0.4) is 0 Å². The Morgan fingerprint density at radius 2 is 2.11 bits per heavy atom. The maximum absolute atomic E-state index is 11.6. The molecule has 1 amide bonds. The summed E-state index contributed by atoms with van der Waals surface area (Å²) in [6.07, 6.45) is -0.346.